The summed E-state index contributed by atoms with van der Waals surface area (Å²) in [4.78, 5) is 28.5. The zero-order valence-electron chi connectivity index (χ0n) is 14.4. The van der Waals surface area contributed by atoms with E-state index in [0.717, 1.165) is 24.8 Å². The number of unbranched alkanes of at least 4 members (excludes halogenated alkanes) is 2. The van der Waals surface area contributed by atoms with Crippen molar-refractivity contribution in [3.05, 3.63) is 58.4 Å². The number of carbonyl (C=O) groups is 2. The molecule has 1 aromatic carbocycles. The van der Waals surface area contributed by atoms with Crippen LogP contribution in [0, 0.1) is 6.92 Å². The van der Waals surface area contributed by atoms with Gasteiger partial charge in [0, 0.05) is 29.6 Å². The zero-order chi connectivity index (χ0) is 18.2. The van der Waals surface area contributed by atoms with Crippen LogP contribution in [0.2, 0.25) is 5.02 Å². The molecule has 2 aromatic rings. The third kappa shape index (κ3) is 5.57. The van der Waals surface area contributed by atoms with Gasteiger partial charge in [-0.2, -0.15) is 0 Å². The van der Waals surface area contributed by atoms with Crippen molar-refractivity contribution >= 4 is 29.1 Å². The number of hydrogen-bond acceptors (Lipinski definition) is 3. The Balaban J connectivity index is 2.03. The number of rotatable bonds is 7. The Hall–Kier alpha value is -2.40. The highest BCUT2D eigenvalue weighted by molar-refractivity contribution is 6.31. The van der Waals surface area contributed by atoms with Crippen molar-refractivity contribution in [1.29, 1.82) is 0 Å². The molecule has 1 aromatic heterocycles. The van der Waals surface area contributed by atoms with Gasteiger partial charge in [0.15, 0.2) is 0 Å². The number of benzene rings is 1. The molecule has 0 saturated heterocycles. The lowest BCUT2D eigenvalue weighted by atomic mass is 10.1. The number of halogens is 1. The smallest absolute Gasteiger partial charge is 0.257 e. The maximum Gasteiger partial charge on any atom is 0.257 e. The molecule has 0 saturated carbocycles. The van der Waals surface area contributed by atoms with Gasteiger partial charge in [-0.05, 0) is 37.1 Å². The van der Waals surface area contributed by atoms with Gasteiger partial charge >= 0.3 is 0 Å². The molecule has 0 spiro atoms. The molecule has 0 unspecified atom stereocenters. The molecule has 0 radical (unpaired) electrons. The molecule has 0 aliphatic heterocycles. The van der Waals surface area contributed by atoms with E-state index in [1.165, 1.54) is 18.5 Å². The van der Waals surface area contributed by atoms with E-state index in [1.807, 2.05) is 13.0 Å². The van der Waals surface area contributed by atoms with Gasteiger partial charge in [-0.25, -0.2) is 0 Å². The van der Waals surface area contributed by atoms with Gasteiger partial charge in [-0.3, -0.25) is 14.6 Å². The summed E-state index contributed by atoms with van der Waals surface area (Å²) in [7, 11) is 0. The van der Waals surface area contributed by atoms with E-state index in [-0.39, 0.29) is 11.8 Å². The SMILES string of the molecule is CCCCCNC(=O)c1cncc(C(=O)Nc2ccc(C)c(Cl)c2)c1. The van der Waals surface area contributed by atoms with Crippen LogP contribution in [-0.2, 0) is 0 Å². The molecular weight excluding hydrogens is 338 g/mol. The number of aromatic nitrogens is 1. The minimum absolute atomic E-state index is 0.225. The minimum atomic E-state index is -0.340. The molecule has 0 bridgehead atoms. The number of hydrogen-bond donors (Lipinski definition) is 2. The van der Waals surface area contributed by atoms with Crippen molar-refractivity contribution in [2.24, 2.45) is 0 Å². The average molecular weight is 360 g/mol. The van der Waals surface area contributed by atoms with Crippen LogP contribution in [0.15, 0.2) is 36.7 Å². The second kappa shape index (κ2) is 9.18. The normalized spacial score (nSPS) is 10.4. The van der Waals surface area contributed by atoms with E-state index in [4.69, 9.17) is 11.6 Å². The monoisotopic (exact) mass is 359 g/mol. The van der Waals surface area contributed by atoms with E-state index >= 15 is 0 Å². The summed E-state index contributed by atoms with van der Waals surface area (Å²) in [5, 5.41) is 6.17. The zero-order valence-corrected chi connectivity index (χ0v) is 15.2. The van der Waals surface area contributed by atoms with Crippen molar-refractivity contribution in [3.8, 4) is 0 Å². The van der Waals surface area contributed by atoms with Gasteiger partial charge in [-0.15, -0.1) is 0 Å². The standard InChI is InChI=1S/C19H22ClN3O2/c1-3-4-5-8-22-18(24)14-9-15(12-21-11-14)19(25)23-16-7-6-13(2)17(20)10-16/h6-7,9-12H,3-5,8H2,1-2H3,(H,22,24)(H,23,25). The topological polar surface area (TPSA) is 71.1 Å². The number of amides is 2. The second-order valence-electron chi connectivity index (χ2n) is 5.84. The number of pyridine rings is 1. The summed E-state index contributed by atoms with van der Waals surface area (Å²) in [6.07, 6.45) is 5.98. The molecular formula is C19H22ClN3O2. The molecule has 0 aliphatic rings. The Morgan fingerprint density at radius 2 is 1.80 bits per heavy atom. The highest BCUT2D eigenvalue weighted by atomic mass is 35.5. The number of nitrogens with one attached hydrogen (secondary N) is 2. The van der Waals surface area contributed by atoms with Crippen molar-refractivity contribution in [1.82, 2.24) is 10.3 Å². The Kier molecular flexibility index (Phi) is 6.95. The van der Waals surface area contributed by atoms with E-state index < -0.39 is 0 Å². The largest absolute Gasteiger partial charge is 0.352 e. The Morgan fingerprint density at radius 1 is 1.08 bits per heavy atom. The first-order valence-corrected chi connectivity index (χ1v) is 8.69. The van der Waals surface area contributed by atoms with Crippen molar-refractivity contribution in [2.45, 2.75) is 33.1 Å². The fourth-order valence-electron chi connectivity index (χ4n) is 2.24. The summed E-state index contributed by atoms with van der Waals surface area (Å²) in [6.45, 7) is 4.61. The molecule has 2 amide bonds. The second-order valence-corrected chi connectivity index (χ2v) is 6.25. The molecule has 2 rings (SSSR count). The lowest BCUT2D eigenvalue weighted by molar-refractivity contribution is 0.0952. The summed E-state index contributed by atoms with van der Waals surface area (Å²) < 4.78 is 0. The van der Waals surface area contributed by atoms with Gasteiger partial charge in [0.05, 0.1) is 11.1 Å². The molecule has 6 heteroatoms. The van der Waals surface area contributed by atoms with Crippen LogP contribution in [0.1, 0.15) is 52.5 Å². The molecule has 25 heavy (non-hydrogen) atoms. The molecule has 2 N–H and O–H groups in total. The van der Waals surface area contributed by atoms with Crippen molar-refractivity contribution in [3.63, 3.8) is 0 Å². The maximum absolute atomic E-state index is 12.4. The number of nitrogens with zero attached hydrogens (tertiary/aromatic N) is 1. The third-order valence-corrected chi connectivity index (χ3v) is 4.17. The predicted octanol–water partition coefficient (Wildman–Crippen LogP) is 4.22. The molecule has 1 heterocycles. The van der Waals surface area contributed by atoms with Crippen LogP contribution >= 0.6 is 11.6 Å². The first-order chi connectivity index (χ1) is 12.0. The number of anilines is 1. The van der Waals surface area contributed by atoms with Gasteiger partial charge in [0.2, 0.25) is 0 Å². The molecule has 132 valence electrons. The average Bonchev–Trinajstić information content (AvgIpc) is 2.62. The van der Waals surface area contributed by atoms with Crippen LogP contribution < -0.4 is 10.6 Å². The summed E-state index contributed by atoms with van der Waals surface area (Å²) in [6, 6.07) is 6.83. The van der Waals surface area contributed by atoms with E-state index in [9.17, 15) is 9.59 Å². The Labute approximate surface area is 152 Å². The predicted molar refractivity (Wildman–Crippen MR) is 100 cm³/mol. The fourth-order valence-corrected chi connectivity index (χ4v) is 2.42. The van der Waals surface area contributed by atoms with Crippen LogP contribution in [-0.4, -0.2) is 23.3 Å². The van der Waals surface area contributed by atoms with Gasteiger partial charge in [0.25, 0.3) is 11.8 Å². The summed E-state index contributed by atoms with van der Waals surface area (Å²) in [5.74, 6) is -0.565. The lowest BCUT2D eigenvalue weighted by Crippen LogP contribution is -2.25. The van der Waals surface area contributed by atoms with Crippen LogP contribution in [0.3, 0.4) is 0 Å². The maximum atomic E-state index is 12.4. The van der Waals surface area contributed by atoms with E-state index in [1.54, 1.807) is 12.1 Å². The highest BCUT2D eigenvalue weighted by Crippen LogP contribution is 2.20. The molecule has 0 fully saturated rings. The first kappa shape index (κ1) is 18.9. The van der Waals surface area contributed by atoms with Crippen LogP contribution in [0.25, 0.3) is 0 Å². The molecule has 5 nitrogen and oxygen atoms in total. The first-order valence-electron chi connectivity index (χ1n) is 8.32. The lowest BCUT2D eigenvalue weighted by Gasteiger charge is -2.08. The summed E-state index contributed by atoms with van der Waals surface area (Å²) >= 11 is 6.06. The number of aryl methyl sites for hydroxylation is 1. The third-order valence-electron chi connectivity index (χ3n) is 3.76. The van der Waals surface area contributed by atoms with Crippen molar-refractivity contribution in [2.75, 3.05) is 11.9 Å². The summed E-state index contributed by atoms with van der Waals surface area (Å²) in [5.41, 5.74) is 2.21. The quantitative estimate of drug-likeness (QED) is 0.727. The van der Waals surface area contributed by atoms with Crippen molar-refractivity contribution < 1.29 is 9.59 Å². The van der Waals surface area contributed by atoms with Crippen LogP contribution in [0.4, 0.5) is 5.69 Å². The van der Waals surface area contributed by atoms with E-state index in [0.29, 0.717) is 28.4 Å². The fraction of sp³-hybridized carbons (Fsp3) is 0.316. The Morgan fingerprint density at radius 3 is 2.48 bits per heavy atom. The number of carbonyl (C=O) groups excluding carboxylic acids is 2. The molecule has 0 atom stereocenters. The minimum Gasteiger partial charge on any atom is -0.352 e. The van der Waals surface area contributed by atoms with Gasteiger partial charge < -0.3 is 10.6 Å². The van der Waals surface area contributed by atoms with Gasteiger partial charge in [-0.1, -0.05) is 37.4 Å². The Bertz CT molecular complexity index is 762. The molecule has 0 aliphatic carbocycles. The van der Waals surface area contributed by atoms with Gasteiger partial charge in [0.1, 0.15) is 0 Å². The highest BCUT2D eigenvalue weighted by Gasteiger charge is 2.12. The van der Waals surface area contributed by atoms with Crippen LogP contribution in [0.5, 0.6) is 0 Å². The van der Waals surface area contributed by atoms with E-state index in [2.05, 4.69) is 22.5 Å².